The van der Waals surface area contributed by atoms with Crippen LogP contribution in [0.3, 0.4) is 0 Å². The zero-order chi connectivity index (χ0) is 7.33. The average molecular weight is 120 g/mol. The van der Waals surface area contributed by atoms with E-state index in [4.69, 9.17) is 0 Å². The molecule has 0 bridgehead atoms. The van der Waals surface area contributed by atoms with Crippen molar-refractivity contribution in [2.75, 3.05) is 0 Å². The summed E-state index contributed by atoms with van der Waals surface area (Å²) in [5.41, 5.74) is 5.44. The van der Waals surface area contributed by atoms with Crippen LogP contribution in [0, 0.1) is 5.41 Å². The van der Waals surface area contributed by atoms with Crippen LogP contribution in [0.1, 0.15) is 13.8 Å². The Bertz CT molecular complexity index is 152. The van der Waals surface area contributed by atoms with Crippen LogP contribution in [-0.4, -0.2) is 0 Å². The first-order valence-electron chi connectivity index (χ1n) is 2.86. The third kappa shape index (κ3) is 3.61. The van der Waals surface area contributed by atoms with Crippen LogP contribution in [0.4, 0.5) is 0 Å². The summed E-state index contributed by atoms with van der Waals surface area (Å²) < 4.78 is 0. The van der Waals surface area contributed by atoms with Gasteiger partial charge in [-0.25, -0.2) is 0 Å². The lowest BCUT2D eigenvalue weighted by molar-refractivity contribution is 0.628. The molecular weight excluding hydrogens is 108 g/mol. The van der Waals surface area contributed by atoms with E-state index in [1.807, 2.05) is 26.0 Å². The highest BCUT2D eigenvalue weighted by molar-refractivity contribution is 5.04. The lowest BCUT2D eigenvalue weighted by atomic mass is 9.94. The molecular formula is C9H12. The molecule has 0 aromatic carbocycles. The Balaban J connectivity index is 4.36. The van der Waals surface area contributed by atoms with E-state index in [0.29, 0.717) is 0 Å². The van der Waals surface area contributed by atoms with E-state index in [2.05, 4.69) is 24.6 Å². The molecule has 9 heavy (non-hydrogen) atoms. The van der Waals surface area contributed by atoms with Gasteiger partial charge in [0.2, 0.25) is 0 Å². The summed E-state index contributed by atoms with van der Waals surface area (Å²) in [6.07, 6.45) is 3.76. The number of hydrogen-bond donors (Lipinski definition) is 0. The molecule has 0 aromatic rings. The van der Waals surface area contributed by atoms with E-state index in [1.165, 1.54) is 0 Å². The Morgan fingerprint density at radius 3 is 1.67 bits per heavy atom. The van der Waals surface area contributed by atoms with E-state index >= 15 is 0 Å². The van der Waals surface area contributed by atoms with Crippen molar-refractivity contribution in [3.8, 4) is 0 Å². The van der Waals surface area contributed by atoms with E-state index in [9.17, 15) is 0 Å². The molecule has 0 saturated carbocycles. The van der Waals surface area contributed by atoms with Crippen molar-refractivity contribution < 1.29 is 0 Å². The normalized spacial score (nSPS) is 9.11. The van der Waals surface area contributed by atoms with Crippen molar-refractivity contribution in [2.45, 2.75) is 13.8 Å². The van der Waals surface area contributed by atoms with Gasteiger partial charge < -0.3 is 0 Å². The van der Waals surface area contributed by atoms with Crippen LogP contribution >= 0.6 is 0 Å². The van der Waals surface area contributed by atoms with Crippen molar-refractivity contribution in [1.82, 2.24) is 0 Å². The van der Waals surface area contributed by atoms with Gasteiger partial charge in [0.15, 0.2) is 0 Å². The molecule has 48 valence electrons. The largest absolute Gasteiger partial charge is 0.132 e. The molecule has 0 aliphatic rings. The van der Waals surface area contributed by atoms with E-state index in [0.717, 1.165) is 0 Å². The second kappa shape index (κ2) is 3.14. The number of rotatable bonds is 2. The van der Waals surface area contributed by atoms with Gasteiger partial charge in [-0.05, 0) is 12.2 Å². The van der Waals surface area contributed by atoms with E-state index in [-0.39, 0.29) is 5.41 Å². The maximum atomic E-state index is 3.48. The second-order valence-corrected chi connectivity index (χ2v) is 2.52. The van der Waals surface area contributed by atoms with Crippen LogP contribution in [0.15, 0.2) is 36.8 Å². The lowest BCUT2D eigenvalue weighted by Crippen LogP contribution is -1.99. The predicted octanol–water partition coefficient (Wildman–Crippen LogP) is 2.69. The minimum Gasteiger partial charge on any atom is -0.132 e. The summed E-state index contributed by atoms with van der Waals surface area (Å²) in [7, 11) is 0. The zero-order valence-electron chi connectivity index (χ0n) is 6.07. The van der Waals surface area contributed by atoms with Gasteiger partial charge >= 0.3 is 0 Å². The van der Waals surface area contributed by atoms with Crippen molar-refractivity contribution in [3.63, 3.8) is 0 Å². The van der Waals surface area contributed by atoms with Gasteiger partial charge in [-0.2, -0.15) is 0 Å². The maximum Gasteiger partial charge on any atom is 0.0155 e. The van der Waals surface area contributed by atoms with Gasteiger partial charge in [0.05, 0.1) is 0 Å². The molecule has 0 radical (unpaired) electrons. The molecule has 0 heteroatoms. The summed E-state index contributed by atoms with van der Waals surface area (Å²) in [6.45, 7) is 11.0. The third-order valence-electron chi connectivity index (χ3n) is 0.948. The maximum absolute atomic E-state index is 3.48. The molecule has 0 unspecified atom stereocenters. The standard InChI is InChI=1S/C9H12/c1-5-7-9(3,4)8-6-2/h7-8H,1-2H2,3-4H3. The molecule has 0 saturated heterocycles. The van der Waals surface area contributed by atoms with E-state index < -0.39 is 0 Å². The fourth-order valence-corrected chi connectivity index (χ4v) is 0.568. The van der Waals surface area contributed by atoms with Crippen LogP contribution < -0.4 is 0 Å². The summed E-state index contributed by atoms with van der Waals surface area (Å²) in [4.78, 5) is 0. The highest BCUT2D eigenvalue weighted by atomic mass is 14.1. The quantitative estimate of drug-likeness (QED) is 0.491. The molecule has 0 aliphatic carbocycles. The first-order chi connectivity index (χ1) is 4.12. The molecule has 0 nitrogen and oxygen atoms in total. The Morgan fingerprint density at radius 2 is 1.44 bits per heavy atom. The van der Waals surface area contributed by atoms with Crippen molar-refractivity contribution in [3.05, 3.63) is 36.8 Å². The Hall–Kier alpha value is -0.960. The highest BCUT2D eigenvalue weighted by Crippen LogP contribution is 2.16. The SMILES string of the molecule is C=C=CC(C)(C)C=C=C. The molecule has 0 atom stereocenters. The predicted molar refractivity (Wildman–Crippen MR) is 41.2 cm³/mol. The summed E-state index contributed by atoms with van der Waals surface area (Å²) in [5.74, 6) is 0. The van der Waals surface area contributed by atoms with Crippen LogP contribution in [0.2, 0.25) is 0 Å². The monoisotopic (exact) mass is 120 g/mol. The average Bonchev–Trinajstić information content (AvgIpc) is 1.64. The molecule has 0 aromatic heterocycles. The summed E-state index contributed by atoms with van der Waals surface area (Å²) >= 11 is 0. The van der Waals surface area contributed by atoms with Gasteiger partial charge in [-0.1, -0.05) is 27.0 Å². The molecule has 0 heterocycles. The molecule has 0 spiro atoms. The van der Waals surface area contributed by atoms with Crippen molar-refractivity contribution in [1.29, 1.82) is 0 Å². The summed E-state index contributed by atoms with van der Waals surface area (Å²) in [5, 5.41) is 0. The Labute approximate surface area is 56.9 Å². The van der Waals surface area contributed by atoms with Crippen molar-refractivity contribution in [2.24, 2.45) is 5.41 Å². The van der Waals surface area contributed by atoms with Gasteiger partial charge in [-0.3, -0.25) is 0 Å². The fourth-order valence-electron chi connectivity index (χ4n) is 0.568. The second-order valence-electron chi connectivity index (χ2n) is 2.52. The molecule has 0 rings (SSSR count). The van der Waals surface area contributed by atoms with E-state index in [1.54, 1.807) is 0 Å². The first kappa shape index (κ1) is 8.04. The highest BCUT2D eigenvalue weighted by Gasteiger charge is 2.06. The van der Waals surface area contributed by atoms with Crippen LogP contribution in [0.5, 0.6) is 0 Å². The van der Waals surface area contributed by atoms with Gasteiger partial charge in [-0.15, -0.1) is 11.5 Å². The van der Waals surface area contributed by atoms with Crippen molar-refractivity contribution >= 4 is 0 Å². The first-order valence-corrected chi connectivity index (χ1v) is 2.86. The Kier molecular flexibility index (Phi) is 2.81. The minimum atomic E-state index is 0.00347. The molecule has 0 N–H and O–H groups in total. The number of hydrogen-bond acceptors (Lipinski definition) is 0. The molecule has 0 amide bonds. The van der Waals surface area contributed by atoms with Crippen LogP contribution in [0.25, 0.3) is 0 Å². The lowest BCUT2D eigenvalue weighted by Gasteiger charge is -2.09. The topological polar surface area (TPSA) is 0 Å². The van der Waals surface area contributed by atoms with Gasteiger partial charge in [0.25, 0.3) is 0 Å². The van der Waals surface area contributed by atoms with Gasteiger partial charge in [0.1, 0.15) is 0 Å². The van der Waals surface area contributed by atoms with Crippen LogP contribution in [-0.2, 0) is 0 Å². The fraction of sp³-hybridized carbons (Fsp3) is 0.333. The van der Waals surface area contributed by atoms with Gasteiger partial charge in [0, 0.05) is 5.41 Å². The Morgan fingerprint density at radius 1 is 1.11 bits per heavy atom. The molecule has 0 fully saturated rings. The smallest absolute Gasteiger partial charge is 0.0155 e. The summed E-state index contributed by atoms with van der Waals surface area (Å²) in [6, 6.07) is 0. The minimum absolute atomic E-state index is 0.00347. The zero-order valence-corrected chi connectivity index (χ0v) is 6.07. The number of allylic oxidation sites excluding steroid dienone is 2. The third-order valence-corrected chi connectivity index (χ3v) is 0.948. The molecule has 0 aliphatic heterocycles.